The summed E-state index contributed by atoms with van der Waals surface area (Å²) in [6.45, 7) is 5.28. The van der Waals surface area contributed by atoms with Crippen molar-refractivity contribution in [1.82, 2.24) is 14.8 Å². The number of hydrogen-bond donors (Lipinski definition) is 1. The Hall–Kier alpha value is -0.970. The van der Waals surface area contributed by atoms with Crippen molar-refractivity contribution in [1.29, 1.82) is 0 Å². The van der Waals surface area contributed by atoms with Crippen LogP contribution in [0.5, 0.6) is 0 Å². The fourth-order valence-electron chi connectivity index (χ4n) is 2.44. The molecule has 1 aromatic rings. The molecule has 1 aliphatic heterocycles. The van der Waals surface area contributed by atoms with E-state index in [0.717, 1.165) is 39.1 Å². The summed E-state index contributed by atoms with van der Waals surface area (Å²) in [7, 11) is 2.18. The van der Waals surface area contributed by atoms with Gasteiger partial charge in [0, 0.05) is 44.6 Å². The lowest BCUT2D eigenvalue weighted by Gasteiger charge is -2.38. The number of likely N-dealkylation sites (N-methyl/N-ethyl adjacent to an activating group) is 1. The van der Waals surface area contributed by atoms with Crippen LogP contribution in [0.25, 0.3) is 0 Å². The van der Waals surface area contributed by atoms with E-state index in [4.69, 9.17) is 5.73 Å². The molecule has 17 heavy (non-hydrogen) atoms. The van der Waals surface area contributed by atoms with Crippen molar-refractivity contribution in [3.63, 3.8) is 0 Å². The molecule has 1 unspecified atom stereocenters. The molecule has 0 saturated carbocycles. The fourth-order valence-corrected chi connectivity index (χ4v) is 2.44. The van der Waals surface area contributed by atoms with Gasteiger partial charge in [0.25, 0.3) is 0 Å². The zero-order chi connectivity index (χ0) is 12.1. The molecule has 4 heteroatoms. The lowest BCUT2D eigenvalue weighted by molar-refractivity contribution is 0.108. The fraction of sp³-hybridized carbons (Fsp3) is 0.615. The van der Waals surface area contributed by atoms with Crippen LogP contribution in [0.2, 0.25) is 0 Å². The van der Waals surface area contributed by atoms with E-state index < -0.39 is 0 Å². The molecule has 1 aliphatic rings. The minimum atomic E-state index is 0.455. The third-order valence-corrected chi connectivity index (χ3v) is 3.51. The molecule has 2 rings (SSSR count). The number of pyridine rings is 1. The van der Waals surface area contributed by atoms with E-state index in [-0.39, 0.29) is 0 Å². The molecule has 4 nitrogen and oxygen atoms in total. The Bertz CT molecular complexity index is 319. The van der Waals surface area contributed by atoms with E-state index in [9.17, 15) is 0 Å². The van der Waals surface area contributed by atoms with Crippen LogP contribution in [-0.4, -0.2) is 54.6 Å². The highest BCUT2D eigenvalue weighted by molar-refractivity contribution is 5.15. The van der Waals surface area contributed by atoms with Crippen molar-refractivity contribution in [3.05, 3.63) is 30.1 Å². The van der Waals surface area contributed by atoms with Crippen LogP contribution >= 0.6 is 0 Å². The first-order valence-electron chi connectivity index (χ1n) is 6.34. The second-order valence-corrected chi connectivity index (χ2v) is 4.71. The summed E-state index contributed by atoms with van der Waals surface area (Å²) >= 11 is 0. The number of piperazine rings is 1. The van der Waals surface area contributed by atoms with Crippen LogP contribution in [-0.2, 0) is 0 Å². The molecule has 0 aliphatic carbocycles. The zero-order valence-electron chi connectivity index (χ0n) is 10.5. The van der Waals surface area contributed by atoms with Crippen LogP contribution in [0.15, 0.2) is 24.5 Å². The summed E-state index contributed by atoms with van der Waals surface area (Å²) in [4.78, 5) is 9.01. The largest absolute Gasteiger partial charge is 0.330 e. The average Bonchev–Trinajstić information content (AvgIpc) is 2.38. The second-order valence-electron chi connectivity index (χ2n) is 4.71. The molecule has 2 heterocycles. The van der Waals surface area contributed by atoms with E-state index in [1.165, 1.54) is 5.56 Å². The quantitative estimate of drug-likeness (QED) is 0.834. The summed E-state index contributed by atoms with van der Waals surface area (Å²) < 4.78 is 0. The highest BCUT2D eigenvalue weighted by atomic mass is 15.3. The number of rotatable bonds is 4. The van der Waals surface area contributed by atoms with Crippen molar-refractivity contribution < 1.29 is 0 Å². The molecule has 94 valence electrons. The van der Waals surface area contributed by atoms with Gasteiger partial charge < -0.3 is 10.6 Å². The molecule has 2 N–H and O–H groups in total. The lowest BCUT2D eigenvalue weighted by Crippen LogP contribution is -2.46. The predicted molar refractivity (Wildman–Crippen MR) is 69.7 cm³/mol. The third-order valence-electron chi connectivity index (χ3n) is 3.51. The topological polar surface area (TPSA) is 45.4 Å². The van der Waals surface area contributed by atoms with Crippen LogP contribution in [0, 0.1) is 0 Å². The molecule has 0 bridgehead atoms. The predicted octanol–water partition coefficient (Wildman–Crippen LogP) is 0.719. The molecule has 0 radical (unpaired) electrons. The monoisotopic (exact) mass is 234 g/mol. The molecule has 0 spiro atoms. The van der Waals surface area contributed by atoms with Crippen molar-refractivity contribution in [2.24, 2.45) is 5.73 Å². The van der Waals surface area contributed by atoms with E-state index in [1.807, 2.05) is 12.4 Å². The summed E-state index contributed by atoms with van der Waals surface area (Å²) in [6, 6.07) is 4.67. The average molecular weight is 234 g/mol. The van der Waals surface area contributed by atoms with Gasteiger partial charge in [0.2, 0.25) is 0 Å². The Morgan fingerprint density at radius 1 is 1.24 bits per heavy atom. The van der Waals surface area contributed by atoms with Gasteiger partial charge >= 0.3 is 0 Å². The third kappa shape index (κ3) is 3.25. The maximum absolute atomic E-state index is 5.75. The van der Waals surface area contributed by atoms with Gasteiger partial charge in [-0.3, -0.25) is 9.88 Å². The Morgan fingerprint density at radius 2 is 1.88 bits per heavy atom. The van der Waals surface area contributed by atoms with Gasteiger partial charge in [0.05, 0.1) is 0 Å². The van der Waals surface area contributed by atoms with Gasteiger partial charge in [-0.1, -0.05) is 0 Å². The highest BCUT2D eigenvalue weighted by Crippen LogP contribution is 2.24. The van der Waals surface area contributed by atoms with Crippen molar-refractivity contribution in [2.75, 3.05) is 39.8 Å². The van der Waals surface area contributed by atoms with Gasteiger partial charge in [-0.2, -0.15) is 0 Å². The Kier molecular flexibility index (Phi) is 4.48. The number of nitrogens with two attached hydrogens (primary N) is 1. The van der Waals surface area contributed by atoms with E-state index in [1.54, 1.807) is 0 Å². The maximum Gasteiger partial charge on any atom is 0.0362 e. The minimum absolute atomic E-state index is 0.455. The standard InChI is InChI=1S/C13H22N4/c1-16-8-10-17(11-9-16)13(2-5-14)12-3-6-15-7-4-12/h3-4,6-7,13H,2,5,8-11,14H2,1H3. The van der Waals surface area contributed by atoms with Crippen LogP contribution in [0.1, 0.15) is 18.0 Å². The summed E-state index contributed by atoms with van der Waals surface area (Å²) in [5, 5.41) is 0. The Morgan fingerprint density at radius 3 is 2.47 bits per heavy atom. The van der Waals surface area contributed by atoms with E-state index in [0.29, 0.717) is 6.04 Å². The van der Waals surface area contributed by atoms with E-state index >= 15 is 0 Å². The molecule has 0 amide bonds. The van der Waals surface area contributed by atoms with Crippen molar-refractivity contribution in [3.8, 4) is 0 Å². The normalized spacial score (nSPS) is 20.4. The molecule has 1 aromatic heterocycles. The van der Waals surface area contributed by atoms with Crippen molar-refractivity contribution in [2.45, 2.75) is 12.5 Å². The number of aromatic nitrogens is 1. The Balaban J connectivity index is 2.07. The summed E-state index contributed by atoms with van der Waals surface area (Å²) in [5.41, 5.74) is 7.09. The molecule has 1 fully saturated rings. The van der Waals surface area contributed by atoms with Gasteiger partial charge in [-0.25, -0.2) is 0 Å². The molecule has 1 atom stereocenters. The van der Waals surface area contributed by atoms with Gasteiger partial charge in [-0.05, 0) is 37.7 Å². The zero-order valence-corrected chi connectivity index (χ0v) is 10.5. The summed E-state index contributed by atoms with van der Waals surface area (Å²) in [5.74, 6) is 0. The first-order chi connectivity index (χ1) is 8.31. The second kappa shape index (κ2) is 6.10. The SMILES string of the molecule is CN1CCN(C(CCN)c2ccncc2)CC1. The molecule has 1 saturated heterocycles. The minimum Gasteiger partial charge on any atom is -0.330 e. The van der Waals surface area contributed by atoms with Gasteiger partial charge in [0.15, 0.2) is 0 Å². The van der Waals surface area contributed by atoms with Crippen molar-refractivity contribution >= 4 is 0 Å². The van der Waals surface area contributed by atoms with Crippen LogP contribution in [0.3, 0.4) is 0 Å². The first kappa shape index (κ1) is 12.5. The van der Waals surface area contributed by atoms with Gasteiger partial charge in [0.1, 0.15) is 0 Å². The molecular formula is C13H22N4. The van der Waals surface area contributed by atoms with Crippen LogP contribution < -0.4 is 5.73 Å². The van der Waals surface area contributed by atoms with Gasteiger partial charge in [-0.15, -0.1) is 0 Å². The summed E-state index contributed by atoms with van der Waals surface area (Å²) in [6.07, 6.45) is 4.76. The maximum atomic E-state index is 5.75. The van der Waals surface area contributed by atoms with E-state index in [2.05, 4.69) is 34.0 Å². The smallest absolute Gasteiger partial charge is 0.0362 e. The van der Waals surface area contributed by atoms with Crippen LogP contribution in [0.4, 0.5) is 0 Å². The Labute approximate surface area is 103 Å². The first-order valence-corrected chi connectivity index (χ1v) is 6.34. The number of hydrogen-bond acceptors (Lipinski definition) is 4. The lowest BCUT2D eigenvalue weighted by atomic mass is 10.0. The molecule has 0 aromatic carbocycles. The molecular weight excluding hydrogens is 212 g/mol. The number of nitrogens with zero attached hydrogens (tertiary/aromatic N) is 3. The highest BCUT2D eigenvalue weighted by Gasteiger charge is 2.22.